The summed E-state index contributed by atoms with van der Waals surface area (Å²) in [4.78, 5) is 12.0. The van der Waals surface area contributed by atoms with Crippen LogP contribution in [0.4, 0.5) is 0 Å². The Balaban J connectivity index is 2.09. The molecule has 148 valence electrons. The summed E-state index contributed by atoms with van der Waals surface area (Å²) < 4.78 is 0. The Morgan fingerprint density at radius 2 is 1.68 bits per heavy atom. The Hall–Kier alpha value is -2.13. The van der Waals surface area contributed by atoms with Crippen LogP contribution < -0.4 is 0 Å². The highest BCUT2D eigenvalue weighted by Gasteiger charge is 2.37. The van der Waals surface area contributed by atoms with E-state index < -0.39 is 5.97 Å². The van der Waals surface area contributed by atoms with E-state index in [9.17, 15) is 4.79 Å². The van der Waals surface area contributed by atoms with E-state index in [0.717, 1.165) is 10.5 Å². The number of thiophene rings is 1. The average Bonchev–Trinajstić information content (AvgIpc) is 3.04. The molecule has 0 spiro atoms. The lowest BCUT2D eigenvalue weighted by atomic mass is 9.62. The summed E-state index contributed by atoms with van der Waals surface area (Å²) >= 11 is 1.69. The van der Waals surface area contributed by atoms with Gasteiger partial charge in [0.1, 0.15) is 0 Å². The van der Waals surface area contributed by atoms with Crippen LogP contribution in [0.15, 0.2) is 41.3 Å². The molecule has 3 rings (SSSR count). The molecule has 1 aromatic heterocycles. The van der Waals surface area contributed by atoms with E-state index in [0.29, 0.717) is 0 Å². The molecule has 1 aliphatic rings. The third-order valence-electron chi connectivity index (χ3n) is 6.03. The molecule has 1 aliphatic carbocycles. The van der Waals surface area contributed by atoms with E-state index >= 15 is 0 Å². The summed E-state index contributed by atoms with van der Waals surface area (Å²) in [5, 5.41) is 11.0. The number of carboxylic acid groups (broad SMARTS) is 1. The van der Waals surface area contributed by atoms with Gasteiger partial charge in [0.05, 0.1) is 0 Å². The Morgan fingerprint density at radius 1 is 1.07 bits per heavy atom. The van der Waals surface area contributed by atoms with Crippen molar-refractivity contribution in [2.24, 2.45) is 0 Å². The zero-order valence-corrected chi connectivity index (χ0v) is 18.5. The first kappa shape index (κ1) is 20.6. The van der Waals surface area contributed by atoms with Crippen LogP contribution in [0.25, 0.3) is 17.2 Å². The van der Waals surface area contributed by atoms with Crippen molar-refractivity contribution in [2.45, 2.75) is 65.2 Å². The van der Waals surface area contributed by atoms with Crippen molar-refractivity contribution >= 4 is 23.4 Å². The minimum Gasteiger partial charge on any atom is -0.478 e. The highest BCUT2D eigenvalue weighted by Crippen LogP contribution is 2.48. The van der Waals surface area contributed by atoms with Gasteiger partial charge in [-0.05, 0) is 88.4 Å². The molecule has 3 heteroatoms. The topological polar surface area (TPSA) is 37.3 Å². The lowest BCUT2D eigenvalue weighted by Crippen LogP contribution is -2.34. The number of aryl methyl sites for hydroxylation is 1. The normalized spacial score (nSPS) is 18.3. The van der Waals surface area contributed by atoms with Gasteiger partial charge in [0.2, 0.25) is 0 Å². The molecule has 0 atom stereocenters. The first-order valence-corrected chi connectivity index (χ1v) is 10.7. The second kappa shape index (κ2) is 7.36. The van der Waals surface area contributed by atoms with Gasteiger partial charge in [0, 0.05) is 11.0 Å². The van der Waals surface area contributed by atoms with Gasteiger partial charge < -0.3 is 5.11 Å². The SMILES string of the molecule is CC(C=Cc1sccc1-c1cc2c(cc1C)C(C)(C)CCC2(C)C)=CC(=O)O. The smallest absolute Gasteiger partial charge is 0.328 e. The molecule has 2 aromatic rings. The third-order valence-corrected chi connectivity index (χ3v) is 6.91. The zero-order chi connectivity index (χ0) is 20.7. The van der Waals surface area contributed by atoms with Crippen LogP contribution in [0.3, 0.4) is 0 Å². The van der Waals surface area contributed by atoms with Crippen molar-refractivity contribution in [3.05, 3.63) is 62.9 Å². The van der Waals surface area contributed by atoms with Gasteiger partial charge in [-0.2, -0.15) is 0 Å². The molecule has 1 aromatic carbocycles. The standard InChI is InChI=1S/C25H30O2S/c1-16(13-23(26)27)7-8-22-18(9-12-28-22)19-15-21-20(14-17(19)2)24(3,4)10-11-25(21,5)6/h7-9,12-15H,10-11H2,1-6H3,(H,26,27). The summed E-state index contributed by atoms with van der Waals surface area (Å²) in [6, 6.07) is 6.98. The Kier molecular flexibility index (Phi) is 5.42. The van der Waals surface area contributed by atoms with Crippen molar-refractivity contribution in [3.63, 3.8) is 0 Å². The second-order valence-corrected chi connectivity index (χ2v) is 10.2. The Bertz CT molecular complexity index is 970. The maximum Gasteiger partial charge on any atom is 0.328 e. The van der Waals surface area contributed by atoms with Crippen LogP contribution in [0.5, 0.6) is 0 Å². The van der Waals surface area contributed by atoms with E-state index in [2.05, 4.69) is 58.2 Å². The maximum absolute atomic E-state index is 10.8. The fraction of sp³-hybridized carbons (Fsp3) is 0.400. The summed E-state index contributed by atoms with van der Waals surface area (Å²) in [6.07, 6.45) is 7.56. The molecule has 2 nitrogen and oxygen atoms in total. The first-order valence-electron chi connectivity index (χ1n) is 9.84. The van der Waals surface area contributed by atoms with Gasteiger partial charge in [0.15, 0.2) is 0 Å². The minimum atomic E-state index is -0.913. The van der Waals surface area contributed by atoms with Crippen molar-refractivity contribution in [2.75, 3.05) is 0 Å². The van der Waals surface area contributed by atoms with E-state index in [-0.39, 0.29) is 10.8 Å². The number of fused-ring (bicyclic) bond motifs is 1. The van der Waals surface area contributed by atoms with Crippen LogP contribution in [0.2, 0.25) is 0 Å². The largest absolute Gasteiger partial charge is 0.478 e. The van der Waals surface area contributed by atoms with Gasteiger partial charge in [0.25, 0.3) is 0 Å². The molecule has 1 heterocycles. The second-order valence-electron chi connectivity index (χ2n) is 9.24. The molecule has 0 saturated heterocycles. The summed E-state index contributed by atoms with van der Waals surface area (Å²) in [5.41, 5.74) is 7.89. The highest BCUT2D eigenvalue weighted by atomic mass is 32.1. The molecule has 0 fully saturated rings. The van der Waals surface area contributed by atoms with E-state index in [1.165, 1.54) is 46.7 Å². The van der Waals surface area contributed by atoms with E-state index in [1.54, 1.807) is 11.3 Å². The van der Waals surface area contributed by atoms with Crippen molar-refractivity contribution in [3.8, 4) is 11.1 Å². The summed E-state index contributed by atoms with van der Waals surface area (Å²) in [6.45, 7) is 13.4. The quantitative estimate of drug-likeness (QED) is 0.443. The molecular weight excluding hydrogens is 364 g/mol. The molecule has 0 saturated carbocycles. The predicted molar refractivity (Wildman–Crippen MR) is 120 cm³/mol. The van der Waals surface area contributed by atoms with Crippen molar-refractivity contribution in [1.29, 1.82) is 0 Å². The number of carbonyl (C=O) groups is 1. The van der Waals surface area contributed by atoms with Crippen LogP contribution in [0.1, 0.15) is 69.0 Å². The maximum atomic E-state index is 10.8. The molecule has 0 unspecified atom stereocenters. The number of aliphatic carboxylic acids is 1. The number of hydrogen-bond donors (Lipinski definition) is 1. The lowest BCUT2D eigenvalue weighted by molar-refractivity contribution is -0.131. The molecule has 0 bridgehead atoms. The highest BCUT2D eigenvalue weighted by molar-refractivity contribution is 7.11. The van der Waals surface area contributed by atoms with Crippen LogP contribution >= 0.6 is 11.3 Å². The molecule has 0 aliphatic heterocycles. The number of carboxylic acids is 1. The summed E-state index contributed by atoms with van der Waals surface area (Å²) in [7, 11) is 0. The Labute approximate surface area is 172 Å². The molecule has 28 heavy (non-hydrogen) atoms. The monoisotopic (exact) mass is 394 g/mol. The van der Waals surface area contributed by atoms with Crippen LogP contribution in [-0.4, -0.2) is 11.1 Å². The molecule has 1 N–H and O–H groups in total. The van der Waals surface area contributed by atoms with Crippen molar-refractivity contribution in [1.82, 2.24) is 0 Å². The van der Waals surface area contributed by atoms with Gasteiger partial charge in [-0.25, -0.2) is 4.79 Å². The number of benzene rings is 1. The zero-order valence-electron chi connectivity index (χ0n) is 17.7. The lowest BCUT2D eigenvalue weighted by Gasteiger charge is -2.42. The average molecular weight is 395 g/mol. The summed E-state index contributed by atoms with van der Waals surface area (Å²) in [5.74, 6) is -0.913. The molecular formula is C25H30O2S. The van der Waals surface area contributed by atoms with E-state index in [1.807, 2.05) is 19.1 Å². The number of rotatable bonds is 4. The first-order chi connectivity index (χ1) is 13.0. The number of allylic oxidation sites excluding steroid dienone is 2. The third kappa shape index (κ3) is 4.00. The van der Waals surface area contributed by atoms with Gasteiger partial charge >= 0.3 is 5.97 Å². The van der Waals surface area contributed by atoms with Gasteiger partial charge in [-0.1, -0.05) is 45.9 Å². The fourth-order valence-electron chi connectivity index (χ4n) is 4.13. The Morgan fingerprint density at radius 3 is 2.29 bits per heavy atom. The van der Waals surface area contributed by atoms with Crippen LogP contribution in [-0.2, 0) is 15.6 Å². The predicted octanol–water partition coefficient (Wildman–Crippen LogP) is 7.12. The van der Waals surface area contributed by atoms with Crippen LogP contribution in [0, 0.1) is 6.92 Å². The fourth-order valence-corrected chi connectivity index (χ4v) is 4.94. The molecule has 0 radical (unpaired) electrons. The van der Waals surface area contributed by atoms with Crippen molar-refractivity contribution < 1.29 is 9.90 Å². The van der Waals surface area contributed by atoms with Gasteiger partial charge in [-0.15, -0.1) is 11.3 Å². The minimum absolute atomic E-state index is 0.181. The molecule has 0 amide bonds. The van der Waals surface area contributed by atoms with E-state index in [4.69, 9.17) is 5.11 Å². The van der Waals surface area contributed by atoms with Gasteiger partial charge in [-0.3, -0.25) is 0 Å². The number of hydrogen-bond acceptors (Lipinski definition) is 2.